The van der Waals surface area contributed by atoms with Gasteiger partial charge < -0.3 is 18.9 Å². The standard InChI is InChI=1S/C17H21N2O5/c1-8(2)11-12-13(21-15(11)20)14-16(22-12)24-17(18,23-14)10-6-4-5-9(3)19-7-10/h4-8,11-14,16H,18H2,1-3H3/q+1. The van der Waals surface area contributed by atoms with Crippen molar-refractivity contribution in [3.05, 3.63) is 23.8 Å². The first-order valence-electron chi connectivity index (χ1n) is 8.16. The van der Waals surface area contributed by atoms with Crippen LogP contribution in [0.15, 0.2) is 23.8 Å². The largest absolute Gasteiger partial charge is 0.456 e. The lowest BCUT2D eigenvalue weighted by atomic mass is 9.90. The summed E-state index contributed by atoms with van der Waals surface area (Å²) >= 11 is 0. The van der Waals surface area contributed by atoms with Gasteiger partial charge in [-0.3, -0.25) is 10.5 Å². The van der Waals surface area contributed by atoms with E-state index in [1.54, 1.807) is 12.3 Å². The first-order chi connectivity index (χ1) is 11.4. The molecular formula is C17H21N2O5+. The topological polar surface area (TPSA) is 94.1 Å². The monoisotopic (exact) mass is 333 g/mol. The number of carbonyl (C=O) groups is 1. The van der Waals surface area contributed by atoms with E-state index in [-0.39, 0.29) is 23.9 Å². The fourth-order valence-electron chi connectivity index (χ4n) is 3.58. The lowest BCUT2D eigenvalue weighted by Crippen LogP contribution is -2.47. The van der Waals surface area contributed by atoms with Gasteiger partial charge in [0.1, 0.15) is 11.7 Å². The molecule has 6 unspecified atom stereocenters. The second-order valence-corrected chi connectivity index (χ2v) is 6.89. The van der Waals surface area contributed by atoms with Crippen molar-refractivity contribution in [1.29, 1.82) is 0 Å². The zero-order valence-electron chi connectivity index (χ0n) is 13.8. The van der Waals surface area contributed by atoms with Crippen LogP contribution in [0.25, 0.3) is 0 Å². The molecule has 4 rings (SSSR count). The van der Waals surface area contributed by atoms with Crippen LogP contribution in [0.5, 0.6) is 0 Å². The highest BCUT2D eigenvalue weighted by Gasteiger charge is 2.65. The number of allylic oxidation sites excluding steroid dienone is 3. The second-order valence-electron chi connectivity index (χ2n) is 6.89. The van der Waals surface area contributed by atoms with Crippen LogP contribution in [0.2, 0.25) is 0 Å². The van der Waals surface area contributed by atoms with Crippen LogP contribution in [-0.4, -0.2) is 48.4 Å². The van der Waals surface area contributed by atoms with Crippen LogP contribution in [0.1, 0.15) is 20.8 Å². The van der Waals surface area contributed by atoms with E-state index in [9.17, 15) is 4.79 Å². The summed E-state index contributed by atoms with van der Waals surface area (Å²) in [6.45, 7) is 5.83. The van der Waals surface area contributed by atoms with Crippen LogP contribution in [0, 0.1) is 11.8 Å². The van der Waals surface area contributed by atoms with Crippen LogP contribution in [0.3, 0.4) is 0 Å². The van der Waals surface area contributed by atoms with E-state index in [1.807, 2.05) is 32.9 Å². The maximum Gasteiger partial charge on any atom is 0.312 e. The summed E-state index contributed by atoms with van der Waals surface area (Å²) in [5.41, 5.74) is 7.71. The summed E-state index contributed by atoms with van der Waals surface area (Å²) < 4.78 is 27.5. The molecule has 0 aromatic carbocycles. The Morgan fingerprint density at radius 3 is 2.79 bits per heavy atom. The summed E-state index contributed by atoms with van der Waals surface area (Å²) in [6, 6.07) is 0. The van der Waals surface area contributed by atoms with Crippen molar-refractivity contribution in [1.82, 2.24) is 4.67 Å². The summed E-state index contributed by atoms with van der Waals surface area (Å²) in [6.07, 6.45) is 5.05. The highest BCUT2D eigenvalue weighted by molar-refractivity contribution is 5.97. The number of ether oxygens (including phenoxy) is 4. The maximum atomic E-state index is 12.1. The van der Waals surface area contributed by atoms with Gasteiger partial charge in [0.05, 0.1) is 5.92 Å². The third kappa shape index (κ3) is 2.29. The van der Waals surface area contributed by atoms with E-state index in [0.29, 0.717) is 5.57 Å². The number of nitrogens with zero attached hydrogens (tertiary/aromatic N) is 1. The highest BCUT2D eigenvalue weighted by atomic mass is 16.9. The highest BCUT2D eigenvalue weighted by Crippen LogP contribution is 2.46. The Labute approximate surface area is 139 Å². The Morgan fingerprint density at radius 2 is 2.04 bits per heavy atom. The Kier molecular flexibility index (Phi) is 3.53. The average Bonchev–Trinajstić information content (AvgIpc) is 3.01. The van der Waals surface area contributed by atoms with Crippen molar-refractivity contribution in [3.8, 4) is 0 Å². The first kappa shape index (κ1) is 15.7. The fraction of sp³-hybridized carbons (Fsp3) is 0.588. The molecule has 6 atom stereocenters. The molecule has 7 nitrogen and oxygen atoms in total. The number of nitrogens with two attached hydrogens (primary N) is 1. The molecule has 0 saturated carbocycles. The second kappa shape index (κ2) is 5.37. The number of rotatable bonds is 2. The lowest BCUT2D eigenvalue weighted by Gasteiger charge is -2.25. The van der Waals surface area contributed by atoms with E-state index >= 15 is 0 Å². The van der Waals surface area contributed by atoms with Crippen molar-refractivity contribution < 1.29 is 23.7 Å². The molecule has 3 fully saturated rings. The normalized spacial score (nSPS) is 43.4. The molecule has 0 bridgehead atoms. The lowest BCUT2D eigenvalue weighted by molar-refractivity contribution is -0.206. The average molecular weight is 333 g/mol. The molecule has 2 N–H and O–H groups in total. The van der Waals surface area contributed by atoms with Gasteiger partial charge in [0.25, 0.3) is 5.91 Å². The first-order valence-corrected chi connectivity index (χ1v) is 8.16. The Balaban J connectivity index is 1.57. The molecule has 7 heteroatoms. The smallest absolute Gasteiger partial charge is 0.312 e. The van der Waals surface area contributed by atoms with Crippen LogP contribution < -0.4 is 10.4 Å². The van der Waals surface area contributed by atoms with Crippen molar-refractivity contribution in [2.75, 3.05) is 0 Å². The molecule has 4 heterocycles. The van der Waals surface area contributed by atoms with Gasteiger partial charge in [-0.15, -0.1) is 0 Å². The summed E-state index contributed by atoms with van der Waals surface area (Å²) in [5.74, 6) is -1.91. The van der Waals surface area contributed by atoms with E-state index in [4.69, 9.17) is 24.7 Å². The number of fused-ring (bicyclic) bond motifs is 3. The number of esters is 1. The minimum absolute atomic E-state index is 0.120. The van der Waals surface area contributed by atoms with Crippen molar-refractivity contribution in [2.45, 2.75) is 51.3 Å². The third-order valence-corrected chi connectivity index (χ3v) is 4.83. The van der Waals surface area contributed by atoms with Crippen LogP contribution >= 0.6 is 0 Å². The Hall–Kier alpha value is -1.76. The number of carbonyl (C=O) groups excluding carboxylic acids is 1. The molecule has 3 saturated heterocycles. The van der Waals surface area contributed by atoms with E-state index < -0.39 is 24.4 Å². The van der Waals surface area contributed by atoms with Crippen molar-refractivity contribution in [2.24, 2.45) is 17.6 Å². The predicted octanol–water partition coefficient (Wildman–Crippen LogP) is 0.0319. The maximum absolute atomic E-state index is 12.1. The third-order valence-electron chi connectivity index (χ3n) is 4.83. The summed E-state index contributed by atoms with van der Waals surface area (Å²) in [5, 5.41) is 0. The SMILES string of the molecule is CC1=[N+]=CC(C2(N)OC3OC4C(OC(=O)C4C(C)C)C3O2)=CC=C1. The van der Waals surface area contributed by atoms with Crippen molar-refractivity contribution in [3.63, 3.8) is 0 Å². The van der Waals surface area contributed by atoms with Crippen LogP contribution in [0.4, 0.5) is 0 Å². The molecule has 0 aliphatic carbocycles. The van der Waals surface area contributed by atoms with E-state index in [0.717, 1.165) is 5.71 Å². The number of hydrogen-bond acceptors (Lipinski definition) is 6. The van der Waals surface area contributed by atoms with Crippen molar-refractivity contribution >= 4 is 17.9 Å². The molecule has 0 radical (unpaired) electrons. The van der Waals surface area contributed by atoms with Gasteiger partial charge in [0.15, 0.2) is 18.5 Å². The molecule has 0 spiro atoms. The molecule has 0 amide bonds. The fourth-order valence-corrected chi connectivity index (χ4v) is 3.58. The Bertz CT molecular complexity index is 706. The van der Waals surface area contributed by atoms with Gasteiger partial charge >= 0.3 is 17.9 Å². The van der Waals surface area contributed by atoms with E-state index in [1.165, 1.54) is 0 Å². The van der Waals surface area contributed by atoms with Gasteiger partial charge in [-0.25, -0.2) is 0 Å². The molecule has 0 aromatic rings. The van der Waals surface area contributed by atoms with Gasteiger partial charge in [-0.2, -0.15) is 0 Å². The molecule has 4 aliphatic rings. The summed E-state index contributed by atoms with van der Waals surface area (Å²) in [4.78, 5) is 12.1. The molecule has 0 aromatic heterocycles. The zero-order valence-corrected chi connectivity index (χ0v) is 13.8. The van der Waals surface area contributed by atoms with Gasteiger partial charge in [0.2, 0.25) is 0 Å². The molecule has 4 aliphatic heterocycles. The van der Waals surface area contributed by atoms with Gasteiger partial charge in [0, 0.05) is 13.0 Å². The predicted molar refractivity (Wildman–Crippen MR) is 85.8 cm³/mol. The minimum atomic E-state index is -1.47. The van der Waals surface area contributed by atoms with Gasteiger partial charge in [-0.05, 0) is 12.0 Å². The van der Waals surface area contributed by atoms with E-state index in [2.05, 4.69) is 4.67 Å². The number of hydrogen-bond donors (Lipinski definition) is 1. The van der Waals surface area contributed by atoms with Crippen LogP contribution in [-0.2, 0) is 23.7 Å². The molecule has 24 heavy (non-hydrogen) atoms. The zero-order chi connectivity index (χ0) is 17.1. The quantitative estimate of drug-likeness (QED) is 0.566. The molecular weight excluding hydrogens is 312 g/mol. The molecule has 128 valence electrons. The van der Waals surface area contributed by atoms with Gasteiger partial charge in [-0.1, -0.05) is 24.6 Å². The Morgan fingerprint density at radius 1 is 1.25 bits per heavy atom. The summed E-state index contributed by atoms with van der Waals surface area (Å²) in [7, 11) is 0. The minimum Gasteiger partial charge on any atom is -0.456 e.